The van der Waals surface area contributed by atoms with E-state index in [9.17, 15) is 4.79 Å². The molecular weight excluding hydrogens is 408 g/mol. The van der Waals surface area contributed by atoms with Crippen LogP contribution in [0.1, 0.15) is 10.5 Å². The zero-order valence-electron chi connectivity index (χ0n) is 16.5. The van der Waals surface area contributed by atoms with E-state index in [4.69, 9.17) is 22.7 Å². The van der Waals surface area contributed by atoms with Crippen molar-refractivity contribution in [2.75, 3.05) is 34.3 Å². The van der Waals surface area contributed by atoms with E-state index in [1.807, 2.05) is 25.1 Å². The molecule has 2 rings (SSSR count). The Bertz CT molecular complexity index is 938. The van der Waals surface area contributed by atoms with Gasteiger partial charge in [-0.1, -0.05) is 24.0 Å². The average molecular weight is 433 g/mol. The maximum Gasteiger partial charge on any atom is 0.296 e. The van der Waals surface area contributed by atoms with Crippen LogP contribution in [0.5, 0.6) is 5.88 Å². The number of pyridine rings is 2. The zero-order chi connectivity index (χ0) is 21.2. The SMILES string of the molecule is CN/C=C\C(N)=NC(=O)c1[nH]c(=S)ccc1Sc1ccc(OCCN(C)C)nc1. The molecule has 29 heavy (non-hydrogen) atoms. The topological polar surface area (TPSA) is 109 Å². The van der Waals surface area contributed by atoms with E-state index in [0.717, 1.165) is 11.4 Å². The normalized spacial score (nSPS) is 11.8. The summed E-state index contributed by atoms with van der Waals surface area (Å²) >= 11 is 6.52. The molecule has 0 aliphatic rings. The van der Waals surface area contributed by atoms with Crippen LogP contribution in [0.15, 0.2) is 57.5 Å². The number of likely N-dealkylation sites (N-methyl/N-ethyl adjacent to an activating group) is 1. The number of hydrogen-bond donors (Lipinski definition) is 3. The van der Waals surface area contributed by atoms with Crippen LogP contribution >= 0.6 is 24.0 Å². The fraction of sp³-hybridized carbons (Fsp3) is 0.263. The van der Waals surface area contributed by atoms with Crippen molar-refractivity contribution >= 4 is 35.7 Å². The van der Waals surface area contributed by atoms with Crippen LogP contribution < -0.4 is 15.8 Å². The van der Waals surface area contributed by atoms with Crippen LogP contribution in [0.3, 0.4) is 0 Å². The molecule has 0 fully saturated rings. The number of amidine groups is 1. The number of hydrogen-bond acceptors (Lipinski definition) is 7. The third-order valence-corrected chi connectivity index (χ3v) is 4.75. The molecule has 0 aliphatic carbocycles. The van der Waals surface area contributed by atoms with E-state index in [0.29, 0.717) is 22.0 Å². The van der Waals surface area contributed by atoms with Gasteiger partial charge in [0, 0.05) is 35.6 Å². The van der Waals surface area contributed by atoms with Crippen molar-refractivity contribution in [3.05, 3.63) is 53.1 Å². The molecule has 0 radical (unpaired) electrons. The van der Waals surface area contributed by atoms with Gasteiger partial charge in [0.15, 0.2) is 0 Å². The Morgan fingerprint density at radius 3 is 2.86 bits per heavy atom. The number of carbonyl (C=O) groups excluding carboxylic acids is 1. The Balaban J connectivity index is 2.16. The predicted molar refractivity (Wildman–Crippen MR) is 118 cm³/mol. The van der Waals surface area contributed by atoms with Gasteiger partial charge in [-0.2, -0.15) is 4.99 Å². The van der Waals surface area contributed by atoms with Gasteiger partial charge >= 0.3 is 0 Å². The van der Waals surface area contributed by atoms with Gasteiger partial charge in [0.25, 0.3) is 5.91 Å². The Kier molecular flexibility index (Phi) is 8.84. The first-order chi connectivity index (χ1) is 13.9. The predicted octanol–water partition coefficient (Wildman–Crippen LogP) is 2.46. The summed E-state index contributed by atoms with van der Waals surface area (Å²) in [5, 5.41) is 2.79. The Hall–Kier alpha value is -2.69. The smallest absolute Gasteiger partial charge is 0.296 e. The Morgan fingerprint density at radius 1 is 1.41 bits per heavy atom. The molecule has 0 aromatic carbocycles. The lowest BCUT2D eigenvalue weighted by Crippen LogP contribution is -2.19. The van der Waals surface area contributed by atoms with Gasteiger partial charge in [0.2, 0.25) is 5.88 Å². The summed E-state index contributed by atoms with van der Waals surface area (Å²) in [7, 11) is 5.69. The first kappa shape index (κ1) is 22.6. The van der Waals surface area contributed by atoms with Gasteiger partial charge in [-0.3, -0.25) is 4.79 Å². The zero-order valence-corrected chi connectivity index (χ0v) is 18.1. The van der Waals surface area contributed by atoms with Gasteiger partial charge in [-0.05, 0) is 44.6 Å². The number of aromatic amines is 1. The Morgan fingerprint density at radius 2 is 2.21 bits per heavy atom. The maximum atomic E-state index is 12.6. The number of aromatic nitrogens is 2. The molecule has 2 aromatic heterocycles. The number of rotatable bonds is 9. The van der Waals surface area contributed by atoms with Gasteiger partial charge < -0.3 is 25.7 Å². The lowest BCUT2D eigenvalue weighted by molar-refractivity contribution is 0.0995. The van der Waals surface area contributed by atoms with Crippen molar-refractivity contribution < 1.29 is 9.53 Å². The minimum atomic E-state index is -0.506. The van der Waals surface area contributed by atoms with E-state index < -0.39 is 5.91 Å². The first-order valence-electron chi connectivity index (χ1n) is 8.76. The summed E-state index contributed by atoms with van der Waals surface area (Å²) in [4.78, 5) is 27.2. The molecule has 4 N–H and O–H groups in total. The molecule has 154 valence electrons. The number of ether oxygens (including phenoxy) is 1. The molecular formula is C19H24N6O2S2. The van der Waals surface area contributed by atoms with E-state index in [1.165, 1.54) is 17.8 Å². The van der Waals surface area contributed by atoms with Crippen molar-refractivity contribution in [2.45, 2.75) is 9.79 Å². The van der Waals surface area contributed by atoms with Gasteiger partial charge in [0.1, 0.15) is 22.8 Å². The molecule has 1 amide bonds. The fourth-order valence-corrected chi connectivity index (χ4v) is 3.10. The van der Waals surface area contributed by atoms with Crippen LogP contribution in [-0.2, 0) is 0 Å². The third-order valence-electron chi connectivity index (χ3n) is 3.47. The quantitative estimate of drug-likeness (QED) is 0.315. The largest absolute Gasteiger partial charge is 0.476 e. The monoisotopic (exact) mass is 432 g/mol. The molecule has 0 saturated carbocycles. The molecule has 8 nitrogen and oxygen atoms in total. The lowest BCUT2D eigenvalue weighted by atomic mass is 10.3. The number of H-pyrrole nitrogens is 1. The van der Waals surface area contributed by atoms with E-state index in [-0.39, 0.29) is 11.5 Å². The van der Waals surface area contributed by atoms with Crippen molar-refractivity contribution in [1.29, 1.82) is 0 Å². The standard InChI is InChI=1S/C19H24N6O2S2/c1-21-9-8-15(20)23-19(26)18-14(5-7-17(28)24-18)29-13-4-6-16(22-12-13)27-11-10-25(2)3/h4-9,12,21H,10-11H2,1-3H3,(H,24,28)(H2,20,23,26)/b9-8-. The van der Waals surface area contributed by atoms with Crippen molar-refractivity contribution in [2.24, 2.45) is 10.7 Å². The average Bonchev–Trinajstić information content (AvgIpc) is 2.68. The number of amides is 1. The van der Waals surface area contributed by atoms with E-state index in [1.54, 1.807) is 37.6 Å². The van der Waals surface area contributed by atoms with Crippen LogP contribution in [0.4, 0.5) is 0 Å². The van der Waals surface area contributed by atoms with Crippen LogP contribution in [0, 0.1) is 4.64 Å². The van der Waals surface area contributed by atoms with E-state index in [2.05, 4.69) is 20.3 Å². The highest BCUT2D eigenvalue weighted by molar-refractivity contribution is 7.99. The molecule has 2 aromatic rings. The summed E-state index contributed by atoms with van der Waals surface area (Å²) < 4.78 is 6.03. The fourth-order valence-electron chi connectivity index (χ4n) is 2.06. The van der Waals surface area contributed by atoms with Gasteiger partial charge in [-0.15, -0.1) is 0 Å². The molecule has 0 spiro atoms. The van der Waals surface area contributed by atoms with Crippen LogP contribution in [0.25, 0.3) is 0 Å². The lowest BCUT2D eigenvalue weighted by Gasteiger charge is -2.11. The van der Waals surface area contributed by atoms with Crippen LogP contribution in [-0.4, -0.2) is 60.9 Å². The summed E-state index contributed by atoms with van der Waals surface area (Å²) in [6.45, 7) is 1.36. The highest BCUT2D eigenvalue weighted by atomic mass is 32.2. The summed E-state index contributed by atoms with van der Waals surface area (Å²) in [5.41, 5.74) is 6.02. The van der Waals surface area contributed by atoms with Crippen molar-refractivity contribution in [1.82, 2.24) is 20.2 Å². The number of nitrogens with one attached hydrogen (secondary N) is 2. The molecule has 0 unspecified atom stereocenters. The van der Waals surface area contributed by atoms with Gasteiger partial charge in [0.05, 0.1) is 0 Å². The first-order valence-corrected chi connectivity index (χ1v) is 9.98. The number of aliphatic imine (C=N–C) groups is 1. The molecule has 0 atom stereocenters. The van der Waals surface area contributed by atoms with Crippen LogP contribution in [0.2, 0.25) is 0 Å². The minimum Gasteiger partial charge on any atom is -0.476 e. The molecule has 10 heteroatoms. The minimum absolute atomic E-state index is 0.0874. The number of carbonyl (C=O) groups is 1. The maximum absolute atomic E-state index is 12.6. The second-order valence-electron chi connectivity index (χ2n) is 6.11. The molecule has 2 heterocycles. The molecule has 0 saturated heterocycles. The summed E-state index contributed by atoms with van der Waals surface area (Å²) in [5.74, 6) is 0.132. The molecule has 0 bridgehead atoms. The highest BCUT2D eigenvalue weighted by Crippen LogP contribution is 2.30. The second kappa shape index (κ2) is 11.3. The van der Waals surface area contributed by atoms with Gasteiger partial charge in [-0.25, -0.2) is 4.98 Å². The summed E-state index contributed by atoms with van der Waals surface area (Å²) in [6, 6.07) is 7.16. The van der Waals surface area contributed by atoms with Crippen molar-refractivity contribution in [3.8, 4) is 5.88 Å². The summed E-state index contributed by atoms with van der Waals surface area (Å²) in [6.07, 6.45) is 4.78. The Labute approximate surface area is 179 Å². The van der Waals surface area contributed by atoms with E-state index >= 15 is 0 Å². The molecule has 0 aliphatic heterocycles. The third kappa shape index (κ3) is 7.68. The number of nitrogens with two attached hydrogens (primary N) is 1. The number of nitrogens with zero attached hydrogens (tertiary/aromatic N) is 3. The van der Waals surface area contributed by atoms with Crippen molar-refractivity contribution in [3.63, 3.8) is 0 Å². The second-order valence-corrected chi connectivity index (χ2v) is 7.67. The highest BCUT2D eigenvalue weighted by Gasteiger charge is 2.13.